The normalized spacial score (nSPS) is 26.5. The Morgan fingerprint density at radius 3 is 2.65 bits per heavy atom. The molecule has 1 aliphatic rings. The van der Waals surface area contributed by atoms with Gasteiger partial charge < -0.3 is 0 Å². The van der Waals surface area contributed by atoms with E-state index in [2.05, 4.69) is 26.8 Å². The number of benzene rings is 1. The fraction of sp³-hybridized carbons (Fsp3) is 0.588. The average molecular weight is 294 g/mol. The summed E-state index contributed by atoms with van der Waals surface area (Å²) in [5.74, 6) is -0.132. The van der Waals surface area contributed by atoms with Crippen LogP contribution in [0.15, 0.2) is 18.2 Å². The van der Waals surface area contributed by atoms with Gasteiger partial charge in [-0.3, -0.25) is 0 Å². The third kappa shape index (κ3) is 3.15. The minimum Gasteiger partial charge on any atom is -0.205 e. The summed E-state index contributed by atoms with van der Waals surface area (Å²) in [4.78, 5) is 0. The summed E-state index contributed by atoms with van der Waals surface area (Å²) in [6.45, 7) is 6.57. The smallest absolute Gasteiger partial charge is 0.145 e. The molecule has 1 saturated carbocycles. The van der Waals surface area contributed by atoms with Gasteiger partial charge in [-0.15, -0.1) is 0 Å². The predicted molar refractivity (Wildman–Crippen MR) is 80.1 cm³/mol. The van der Waals surface area contributed by atoms with E-state index < -0.39 is 0 Å². The molecule has 3 unspecified atom stereocenters. The summed E-state index contributed by atoms with van der Waals surface area (Å²) < 4.78 is 14.2. The van der Waals surface area contributed by atoms with Gasteiger partial charge in [-0.25, -0.2) is 4.39 Å². The number of hydrogen-bond donors (Lipinski definition) is 0. The van der Waals surface area contributed by atoms with Crippen molar-refractivity contribution >= 4 is 11.6 Å². The summed E-state index contributed by atoms with van der Waals surface area (Å²) in [7, 11) is 0. The molecule has 0 aromatic heterocycles. The second kappa shape index (κ2) is 5.74. The van der Waals surface area contributed by atoms with Gasteiger partial charge >= 0.3 is 0 Å². The van der Waals surface area contributed by atoms with Gasteiger partial charge in [-0.05, 0) is 42.2 Å². The lowest BCUT2D eigenvalue weighted by Crippen LogP contribution is -2.19. The van der Waals surface area contributed by atoms with Crippen LogP contribution in [0.3, 0.4) is 0 Å². The lowest BCUT2D eigenvalue weighted by atomic mass is 9.78. The van der Waals surface area contributed by atoms with E-state index in [1.54, 1.807) is 18.2 Å². The summed E-state index contributed by atoms with van der Waals surface area (Å²) in [6.07, 6.45) is 2.87. The highest BCUT2D eigenvalue weighted by Crippen LogP contribution is 2.48. The number of hydrogen-bond acceptors (Lipinski definition) is 1. The van der Waals surface area contributed by atoms with Crippen molar-refractivity contribution in [1.82, 2.24) is 0 Å². The van der Waals surface area contributed by atoms with Crippen molar-refractivity contribution in [3.05, 3.63) is 34.6 Å². The van der Waals surface area contributed by atoms with E-state index in [0.717, 1.165) is 19.3 Å². The molecule has 3 heteroatoms. The monoisotopic (exact) mass is 293 g/mol. The molecule has 0 amide bonds. The summed E-state index contributed by atoms with van der Waals surface area (Å²) in [5.41, 5.74) is 0.808. The van der Waals surface area contributed by atoms with Crippen molar-refractivity contribution in [2.24, 2.45) is 17.3 Å². The first-order valence-corrected chi connectivity index (χ1v) is 7.55. The van der Waals surface area contributed by atoms with Crippen molar-refractivity contribution in [1.29, 1.82) is 5.26 Å². The topological polar surface area (TPSA) is 23.8 Å². The van der Waals surface area contributed by atoms with Crippen LogP contribution in [0, 0.1) is 34.4 Å². The second-order valence-corrected chi connectivity index (χ2v) is 7.41. The molecule has 1 aromatic rings. The quantitative estimate of drug-likeness (QED) is 0.701. The van der Waals surface area contributed by atoms with Gasteiger partial charge in [0.15, 0.2) is 0 Å². The molecule has 108 valence electrons. The summed E-state index contributed by atoms with van der Waals surface area (Å²) in [5, 5.41) is 9.67. The highest BCUT2D eigenvalue weighted by Gasteiger charge is 2.39. The molecule has 0 saturated heterocycles. The molecule has 20 heavy (non-hydrogen) atoms. The van der Waals surface area contributed by atoms with Crippen molar-refractivity contribution < 1.29 is 4.39 Å². The fourth-order valence-electron chi connectivity index (χ4n) is 3.45. The molecule has 3 atom stereocenters. The van der Waals surface area contributed by atoms with Crippen LogP contribution in [0.4, 0.5) is 4.39 Å². The Labute approximate surface area is 125 Å². The van der Waals surface area contributed by atoms with Gasteiger partial charge in [-0.1, -0.05) is 44.5 Å². The zero-order valence-corrected chi connectivity index (χ0v) is 13.0. The molecule has 0 spiro atoms. The molecule has 0 aliphatic heterocycles. The minimum absolute atomic E-state index is 0.0222. The molecule has 0 heterocycles. The largest absolute Gasteiger partial charge is 0.205 e. The van der Waals surface area contributed by atoms with E-state index in [-0.39, 0.29) is 28.1 Å². The van der Waals surface area contributed by atoms with Crippen molar-refractivity contribution in [3.8, 4) is 6.07 Å². The minimum atomic E-state index is -0.351. The van der Waals surface area contributed by atoms with Gasteiger partial charge in [0.05, 0.1) is 17.0 Å². The third-order valence-corrected chi connectivity index (χ3v) is 4.49. The molecular formula is C17H21ClFN. The van der Waals surface area contributed by atoms with E-state index in [0.29, 0.717) is 11.5 Å². The zero-order chi connectivity index (χ0) is 14.9. The van der Waals surface area contributed by atoms with Crippen LogP contribution in [0.25, 0.3) is 0 Å². The third-order valence-electron chi connectivity index (χ3n) is 4.19. The number of nitriles is 1. The Balaban J connectivity index is 2.26. The molecule has 1 nitrogen and oxygen atoms in total. The van der Waals surface area contributed by atoms with Gasteiger partial charge in [0, 0.05) is 5.92 Å². The Morgan fingerprint density at radius 2 is 2.05 bits per heavy atom. The standard InChI is InChI=1S/C17H21ClFN/c1-17(2,3)9-11-7-8-12(14(11)10-20)13-5-4-6-15(18)16(13)19/h4-6,11-12,14H,7-9H2,1-3H3. The number of rotatable bonds is 2. The maximum atomic E-state index is 14.2. The first-order chi connectivity index (χ1) is 9.33. The van der Waals surface area contributed by atoms with Crippen LogP contribution in [-0.4, -0.2) is 0 Å². The first-order valence-electron chi connectivity index (χ1n) is 7.17. The summed E-state index contributed by atoms with van der Waals surface area (Å²) >= 11 is 5.87. The predicted octanol–water partition coefficient (Wildman–Crippen LogP) is 5.55. The number of halogens is 2. The Hall–Kier alpha value is -1.07. The van der Waals surface area contributed by atoms with E-state index >= 15 is 0 Å². The molecule has 0 bridgehead atoms. The second-order valence-electron chi connectivity index (χ2n) is 7.01. The fourth-order valence-corrected chi connectivity index (χ4v) is 3.63. The van der Waals surface area contributed by atoms with E-state index in [1.165, 1.54) is 0 Å². The average Bonchev–Trinajstić information content (AvgIpc) is 2.73. The van der Waals surface area contributed by atoms with Crippen LogP contribution in [0.5, 0.6) is 0 Å². The highest BCUT2D eigenvalue weighted by atomic mass is 35.5. The highest BCUT2D eigenvalue weighted by molar-refractivity contribution is 6.30. The molecule has 0 N–H and O–H groups in total. The maximum Gasteiger partial charge on any atom is 0.145 e. The van der Waals surface area contributed by atoms with Crippen LogP contribution < -0.4 is 0 Å². The van der Waals surface area contributed by atoms with Crippen molar-refractivity contribution in [2.75, 3.05) is 0 Å². The van der Waals surface area contributed by atoms with Gasteiger partial charge in [0.2, 0.25) is 0 Å². The van der Waals surface area contributed by atoms with Gasteiger partial charge in [0.1, 0.15) is 5.82 Å². The Morgan fingerprint density at radius 1 is 1.35 bits per heavy atom. The maximum absolute atomic E-state index is 14.2. The lowest BCUT2D eigenvalue weighted by Gasteiger charge is -2.26. The Kier molecular flexibility index (Phi) is 4.39. The lowest BCUT2D eigenvalue weighted by molar-refractivity contribution is 0.268. The first kappa shape index (κ1) is 15.3. The van der Waals surface area contributed by atoms with Crippen molar-refractivity contribution in [3.63, 3.8) is 0 Å². The van der Waals surface area contributed by atoms with Crippen LogP contribution in [0.2, 0.25) is 5.02 Å². The molecule has 2 rings (SSSR count). The number of nitrogens with zero attached hydrogens (tertiary/aromatic N) is 1. The Bertz CT molecular complexity index is 527. The van der Waals surface area contributed by atoms with Crippen LogP contribution >= 0.6 is 11.6 Å². The van der Waals surface area contributed by atoms with Crippen LogP contribution in [0.1, 0.15) is 51.5 Å². The van der Waals surface area contributed by atoms with Gasteiger partial charge in [0.25, 0.3) is 0 Å². The van der Waals surface area contributed by atoms with Crippen LogP contribution in [-0.2, 0) is 0 Å². The molecule has 1 fully saturated rings. The SMILES string of the molecule is CC(C)(C)CC1CCC(c2cccc(Cl)c2F)C1C#N. The van der Waals surface area contributed by atoms with E-state index in [4.69, 9.17) is 11.6 Å². The van der Waals surface area contributed by atoms with Gasteiger partial charge in [-0.2, -0.15) is 5.26 Å². The zero-order valence-electron chi connectivity index (χ0n) is 12.3. The van der Waals surface area contributed by atoms with Crippen molar-refractivity contribution in [2.45, 2.75) is 46.0 Å². The van der Waals surface area contributed by atoms with E-state index in [9.17, 15) is 9.65 Å². The summed E-state index contributed by atoms with van der Waals surface area (Å²) in [6, 6.07) is 7.52. The molecule has 0 radical (unpaired) electrons. The molecular weight excluding hydrogens is 273 g/mol. The molecule has 1 aromatic carbocycles. The van der Waals surface area contributed by atoms with E-state index in [1.807, 2.05) is 0 Å². The molecule has 1 aliphatic carbocycles.